The van der Waals surface area contributed by atoms with Crippen LogP contribution in [-0.4, -0.2) is 53.4 Å². The molecule has 0 unspecified atom stereocenters. The molecule has 1 aromatic heterocycles. The van der Waals surface area contributed by atoms with E-state index < -0.39 is 21.1 Å². The summed E-state index contributed by atoms with van der Waals surface area (Å²) in [5.41, 5.74) is -0.320. The van der Waals surface area contributed by atoms with E-state index in [0.29, 0.717) is 16.5 Å². The highest BCUT2D eigenvalue weighted by molar-refractivity contribution is 7.91. The summed E-state index contributed by atoms with van der Waals surface area (Å²) in [6.07, 6.45) is 0. The molecule has 8 nitrogen and oxygen atoms in total. The zero-order valence-electron chi connectivity index (χ0n) is 13.1. The van der Waals surface area contributed by atoms with Crippen LogP contribution in [0.25, 0.3) is 10.9 Å². The van der Waals surface area contributed by atoms with Crippen molar-refractivity contribution >= 4 is 26.6 Å². The SMILES string of the molecule is CCn1c(=O)[nH]c2cc(C(=O)N3CCS(=O)(=O)CC3)ccc2c1=O. The van der Waals surface area contributed by atoms with Crippen molar-refractivity contribution in [1.82, 2.24) is 14.5 Å². The molecule has 1 aromatic carbocycles. The Morgan fingerprint density at radius 1 is 1.21 bits per heavy atom. The molecular formula is C15H17N3O5S. The van der Waals surface area contributed by atoms with Crippen molar-refractivity contribution in [2.75, 3.05) is 24.6 Å². The number of aromatic amines is 1. The van der Waals surface area contributed by atoms with E-state index in [0.717, 1.165) is 4.57 Å². The summed E-state index contributed by atoms with van der Waals surface area (Å²) in [5.74, 6) is -0.415. The van der Waals surface area contributed by atoms with Crippen LogP contribution in [0.1, 0.15) is 17.3 Å². The zero-order chi connectivity index (χ0) is 17.5. The Hall–Kier alpha value is -2.42. The van der Waals surface area contributed by atoms with E-state index in [1.165, 1.54) is 23.1 Å². The van der Waals surface area contributed by atoms with Crippen molar-refractivity contribution < 1.29 is 13.2 Å². The summed E-state index contributed by atoms with van der Waals surface area (Å²) in [4.78, 5) is 40.7. The molecule has 2 aromatic rings. The van der Waals surface area contributed by atoms with Gasteiger partial charge in [0.1, 0.15) is 0 Å². The lowest BCUT2D eigenvalue weighted by atomic mass is 10.1. The van der Waals surface area contributed by atoms with E-state index in [1.54, 1.807) is 6.92 Å². The molecule has 2 heterocycles. The first-order chi connectivity index (χ1) is 11.3. The Labute approximate surface area is 137 Å². The number of rotatable bonds is 2. The molecule has 9 heteroatoms. The summed E-state index contributed by atoms with van der Waals surface area (Å²) in [7, 11) is -3.07. The number of fused-ring (bicyclic) bond motifs is 1. The van der Waals surface area contributed by atoms with Gasteiger partial charge in [0.25, 0.3) is 11.5 Å². The van der Waals surface area contributed by atoms with Gasteiger partial charge in [-0.2, -0.15) is 0 Å². The van der Waals surface area contributed by atoms with E-state index in [2.05, 4.69) is 4.98 Å². The Balaban J connectivity index is 1.98. The predicted molar refractivity (Wildman–Crippen MR) is 89.1 cm³/mol. The third-order valence-electron chi connectivity index (χ3n) is 4.18. The van der Waals surface area contributed by atoms with Gasteiger partial charge in [0.05, 0.1) is 22.4 Å². The Morgan fingerprint density at radius 2 is 1.88 bits per heavy atom. The van der Waals surface area contributed by atoms with Crippen molar-refractivity contribution in [2.24, 2.45) is 0 Å². The quantitative estimate of drug-likeness (QED) is 0.790. The lowest BCUT2D eigenvalue weighted by Crippen LogP contribution is -2.43. The molecule has 1 amide bonds. The van der Waals surface area contributed by atoms with Crippen LogP contribution in [0.4, 0.5) is 0 Å². The minimum Gasteiger partial charge on any atom is -0.337 e. The number of carbonyl (C=O) groups is 1. The lowest BCUT2D eigenvalue weighted by molar-refractivity contribution is 0.0770. The largest absolute Gasteiger partial charge is 0.337 e. The number of carbonyl (C=O) groups excluding carboxylic acids is 1. The molecule has 1 aliphatic heterocycles. The number of H-pyrrole nitrogens is 1. The fourth-order valence-corrected chi connectivity index (χ4v) is 3.97. The minimum absolute atomic E-state index is 0.0512. The standard InChI is InChI=1S/C15H17N3O5S/c1-2-18-14(20)11-4-3-10(9-12(11)16-15(18)21)13(19)17-5-7-24(22,23)8-6-17/h3-4,9H,2,5-8H2,1H3,(H,16,21). The van der Waals surface area contributed by atoms with Gasteiger partial charge in [0.2, 0.25) is 0 Å². The predicted octanol–water partition coefficient (Wildman–Crippen LogP) is -0.420. The highest BCUT2D eigenvalue weighted by atomic mass is 32.2. The number of aromatic nitrogens is 2. The van der Waals surface area contributed by atoms with Gasteiger partial charge in [-0.3, -0.25) is 14.2 Å². The van der Waals surface area contributed by atoms with Gasteiger partial charge in [0, 0.05) is 25.2 Å². The molecule has 0 atom stereocenters. The highest BCUT2D eigenvalue weighted by Gasteiger charge is 2.26. The fourth-order valence-electron chi connectivity index (χ4n) is 2.77. The number of benzene rings is 1. The second-order valence-electron chi connectivity index (χ2n) is 5.68. The summed E-state index contributed by atoms with van der Waals surface area (Å²) in [6, 6.07) is 4.49. The van der Waals surface area contributed by atoms with Crippen LogP contribution in [0.15, 0.2) is 27.8 Å². The van der Waals surface area contributed by atoms with Gasteiger partial charge in [-0.05, 0) is 25.1 Å². The first kappa shape index (κ1) is 16.4. The second-order valence-corrected chi connectivity index (χ2v) is 7.99. The van der Waals surface area contributed by atoms with E-state index in [-0.39, 0.29) is 37.0 Å². The Kier molecular flexibility index (Phi) is 4.04. The van der Waals surface area contributed by atoms with Crippen LogP contribution >= 0.6 is 0 Å². The maximum atomic E-state index is 12.5. The molecule has 1 saturated heterocycles. The monoisotopic (exact) mass is 351 g/mol. The third kappa shape index (κ3) is 2.86. The third-order valence-corrected chi connectivity index (χ3v) is 5.79. The maximum Gasteiger partial charge on any atom is 0.328 e. The molecule has 0 saturated carbocycles. The van der Waals surface area contributed by atoms with Crippen molar-refractivity contribution in [1.29, 1.82) is 0 Å². The Bertz CT molecular complexity index is 1020. The van der Waals surface area contributed by atoms with Crippen LogP contribution in [0.5, 0.6) is 0 Å². The summed E-state index contributed by atoms with van der Waals surface area (Å²) < 4.78 is 24.0. The summed E-state index contributed by atoms with van der Waals surface area (Å²) in [5, 5.41) is 0.328. The molecule has 24 heavy (non-hydrogen) atoms. The van der Waals surface area contributed by atoms with Gasteiger partial charge in [-0.1, -0.05) is 0 Å². The van der Waals surface area contributed by atoms with Gasteiger partial charge in [0.15, 0.2) is 9.84 Å². The maximum absolute atomic E-state index is 12.5. The smallest absolute Gasteiger partial charge is 0.328 e. The van der Waals surface area contributed by atoms with Gasteiger partial charge in [-0.25, -0.2) is 13.2 Å². The molecule has 0 bridgehead atoms. The molecule has 0 aliphatic carbocycles. The van der Waals surface area contributed by atoms with E-state index >= 15 is 0 Å². The summed E-state index contributed by atoms with van der Waals surface area (Å²) >= 11 is 0. The van der Waals surface area contributed by atoms with Crippen molar-refractivity contribution in [3.05, 3.63) is 44.6 Å². The number of nitrogens with zero attached hydrogens (tertiary/aromatic N) is 2. The van der Waals surface area contributed by atoms with Gasteiger partial charge < -0.3 is 9.88 Å². The second kappa shape index (κ2) is 5.90. The van der Waals surface area contributed by atoms with Crippen molar-refractivity contribution in [3.63, 3.8) is 0 Å². The molecule has 1 N–H and O–H groups in total. The number of hydrogen-bond donors (Lipinski definition) is 1. The van der Waals surface area contributed by atoms with Crippen LogP contribution < -0.4 is 11.2 Å². The van der Waals surface area contributed by atoms with Crippen LogP contribution in [-0.2, 0) is 16.4 Å². The number of sulfone groups is 1. The zero-order valence-corrected chi connectivity index (χ0v) is 13.9. The number of nitrogens with one attached hydrogen (secondary N) is 1. The van der Waals surface area contributed by atoms with Gasteiger partial charge in [-0.15, -0.1) is 0 Å². The van der Waals surface area contributed by atoms with Crippen LogP contribution in [0.2, 0.25) is 0 Å². The molecule has 1 fully saturated rings. The average Bonchev–Trinajstić information content (AvgIpc) is 2.54. The molecule has 1 aliphatic rings. The topological polar surface area (TPSA) is 109 Å². The lowest BCUT2D eigenvalue weighted by Gasteiger charge is -2.26. The first-order valence-electron chi connectivity index (χ1n) is 7.59. The van der Waals surface area contributed by atoms with E-state index in [9.17, 15) is 22.8 Å². The first-order valence-corrected chi connectivity index (χ1v) is 9.41. The average molecular weight is 351 g/mol. The van der Waals surface area contributed by atoms with Crippen LogP contribution in [0.3, 0.4) is 0 Å². The molecular weight excluding hydrogens is 334 g/mol. The summed E-state index contributed by atoms with van der Waals surface area (Å²) in [6.45, 7) is 2.25. The fraction of sp³-hybridized carbons (Fsp3) is 0.400. The molecule has 0 radical (unpaired) electrons. The van der Waals surface area contributed by atoms with E-state index in [1.807, 2.05) is 0 Å². The van der Waals surface area contributed by atoms with Crippen molar-refractivity contribution in [3.8, 4) is 0 Å². The molecule has 0 spiro atoms. The van der Waals surface area contributed by atoms with Gasteiger partial charge >= 0.3 is 5.69 Å². The van der Waals surface area contributed by atoms with E-state index in [4.69, 9.17) is 0 Å². The minimum atomic E-state index is -3.07. The normalized spacial score (nSPS) is 17.1. The molecule has 128 valence electrons. The Morgan fingerprint density at radius 3 is 2.50 bits per heavy atom. The molecule has 3 rings (SSSR count). The van der Waals surface area contributed by atoms with Crippen molar-refractivity contribution in [2.45, 2.75) is 13.5 Å². The number of hydrogen-bond acceptors (Lipinski definition) is 5. The van der Waals surface area contributed by atoms with Crippen LogP contribution in [0, 0.1) is 0 Å². The highest BCUT2D eigenvalue weighted by Crippen LogP contribution is 2.14. The number of amides is 1.